The lowest BCUT2D eigenvalue weighted by molar-refractivity contribution is -0.122. The van der Waals surface area contributed by atoms with Gasteiger partial charge in [0.1, 0.15) is 42.8 Å². The van der Waals surface area contributed by atoms with Crippen molar-refractivity contribution < 1.29 is 43.7 Å². The highest BCUT2D eigenvalue weighted by atomic mass is 32.1. The molecule has 0 atom stereocenters. The Morgan fingerprint density at radius 3 is 1.02 bits per heavy atom. The van der Waals surface area contributed by atoms with Crippen molar-refractivity contribution in [2.45, 2.75) is 88.8 Å². The van der Waals surface area contributed by atoms with E-state index in [-0.39, 0.29) is 95.3 Å². The average molecular weight is 1470 g/mol. The molecule has 12 aromatic rings. The van der Waals surface area contributed by atoms with Crippen molar-refractivity contribution in [2.75, 3.05) is 34.5 Å². The highest BCUT2D eigenvalue weighted by molar-refractivity contribution is 7.14. The van der Waals surface area contributed by atoms with Gasteiger partial charge in [0.15, 0.2) is 0 Å². The number of thiazole rings is 4. The Kier molecular flexibility index (Phi) is 23.3. The quantitative estimate of drug-likeness (QED) is 0.0265. The zero-order chi connectivity index (χ0) is 72.5. The number of ether oxygens (including phenoxy) is 2. The van der Waals surface area contributed by atoms with E-state index in [2.05, 4.69) is 122 Å². The molecule has 4 amide bonds. The Bertz CT molecular complexity index is 4870. The lowest BCUT2D eigenvalue weighted by Crippen LogP contribution is -2.33. The van der Waals surface area contributed by atoms with Gasteiger partial charge in [0.2, 0.25) is 0 Å². The van der Waals surface area contributed by atoms with Gasteiger partial charge >= 0.3 is 23.3 Å². The van der Waals surface area contributed by atoms with E-state index < -0.39 is 5.91 Å². The zero-order valence-electron chi connectivity index (χ0n) is 54.3. The van der Waals surface area contributed by atoms with Gasteiger partial charge in [-0.25, -0.2) is 24.6 Å². The first-order valence-corrected chi connectivity index (χ1v) is 34.4. The lowest BCUT2D eigenvalue weighted by Gasteiger charge is -2.33. The third-order valence-electron chi connectivity index (χ3n) is 15.4. The van der Waals surface area contributed by atoms with Crippen LogP contribution in [0.5, 0.6) is 0 Å². The zero-order valence-corrected chi connectivity index (χ0v) is 57.5. The molecule has 0 spiro atoms. The number of nitrogens with zero attached hydrogens (tertiary/aromatic N) is 20. The van der Waals surface area contributed by atoms with Crippen molar-refractivity contribution >= 4 is 121 Å². The Hall–Kier alpha value is -12.6. The number of aliphatic hydroxyl groups is 1. The number of hydrogen-bond donors (Lipinski definition) is 10. The van der Waals surface area contributed by atoms with Crippen LogP contribution in [0.4, 0.5) is 46.0 Å². The number of nitrogens with one attached hydrogen (secondary N) is 8. The fourth-order valence-electron chi connectivity index (χ4n) is 10.2. The summed E-state index contributed by atoms with van der Waals surface area (Å²) < 4.78 is 17.7. The van der Waals surface area contributed by atoms with Crippen LogP contribution in [-0.2, 0) is 21.3 Å². The Labute approximate surface area is 598 Å². The Morgan fingerprint density at radius 2 is 0.767 bits per heavy atom. The van der Waals surface area contributed by atoms with Gasteiger partial charge < -0.3 is 60.3 Å². The van der Waals surface area contributed by atoms with Crippen LogP contribution in [0.1, 0.15) is 112 Å². The van der Waals surface area contributed by atoms with E-state index >= 15 is 0 Å². The molecule has 0 saturated heterocycles. The van der Waals surface area contributed by atoms with Crippen LogP contribution >= 0.6 is 45.3 Å². The molecule has 0 aliphatic heterocycles. The molecular weight excluding hydrogens is 1410 g/mol. The van der Waals surface area contributed by atoms with E-state index in [0.717, 1.165) is 47.9 Å². The number of rotatable bonds is 19. The summed E-state index contributed by atoms with van der Waals surface area (Å²) in [7, 11) is 1.68. The maximum atomic E-state index is 12.5. The van der Waals surface area contributed by atoms with E-state index in [1.807, 2.05) is 13.8 Å². The third kappa shape index (κ3) is 17.5. The number of anilines is 4. The van der Waals surface area contributed by atoms with Crippen LogP contribution in [0.15, 0.2) is 95.9 Å². The summed E-state index contributed by atoms with van der Waals surface area (Å²) in [6.45, 7) is 34.0. The second kappa shape index (κ2) is 33.5. The van der Waals surface area contributed by atoms with Gasteiger partial charge in [-0.3, -0.25) is 44.4 Å². The highest BCUT2D eigenvalue weighted by Gasteiger charge is 2.36. The first-order valence-electron chi connectivity index (χ1n) is 30.9. The van der Waals surface area contributed by atoms with Crippen molar-refractivity contribution in [1.29, 1.82) is 0 Å². The third-order valence-corrected chi connectivity index (χ3v) is 19.0. The van der Waals surface area contributed by atoms with Gasteiger partial charge in [-0.15, -0.1) is 45.3 Å². The van der Waals surface area contributed by atoms with Crippen molar-refractivity contribution in [2.24, 2.45) is 7.05 Å². The van der Waals surface area contributed by atoms with E-state index in [9.17, 15) is 24.3 Å². The summed E-state index contributed by atoms with van der Waals surface area (Å²) in [5.74, 6) is -0.890. The minimum absolute atomic E-state index is 0.0631. The predicted molar refractivity (Wildman–Crippen MR) is 376 cm³/mol. The van der Waals surface area contributed by atoms with Crippen molar-refractivity contribution in [3.8, 4) is 42.3 Å². The highest BCUT2D eigenvalue weighted by Crippen LogP contribution is 2.40. The molecule has 0 radical (unpaired) electrons. The fourth-order valence-corrected chi connectivity index (χ4v) is 13.3. The average Bonchev–Trinajstić information content (AvgIpc) is 1.71. The number of aliphatic hydroxyl groups excluding tert-OH is 1. The molecule has 0 aromatic carbocycles. The summed E-state index contributed by atoms with van der Waals surface area (Å²) in [6, 6.07) is 0.451. The number of aromatic nitrogens is 20. The largest absolute Gasteiger partial charge is 0.483 e. The number of hydrogen-bond acceptors (Lipinski definition) is 24. The second-order valence-corrected chi connectivity index (χ2v) is 25.7. The van der Waals surface area contributed by atoms with Crippen molar-refractivity contribution in [3.05, 3.63) is 164 Å². The first kappa shape index (κ1) is 71.7. The van der Waals surface area contributed by atoms with Crippen LogP contribution in [0.2, 0.25) is 0 Å². The monoisotopic (exact) mass is 1470 g/mol. The Balaban J connectivity index is 0.000000136. The molecule has 37 nitrogen and oxygen atoms in total. The van der Waals surface area contributed by atoms with Gasteiger partial charge in [-0.05, 0) is 72.8 Å². The molecule has 12 aromatic heterocycles. The SMILES string of the molecule is O=CO.[C-]#[N+]c1nn(C)cc1NC(=O)c1csc(-c2cn[nH]c2)n1.[C-]#[N+]c1nn(C2CC(O)C2)cc1NC(=O)c1csc(-c2cn[nH]c2)n1.[C-]#[N+]c1nn(C2CC(OCC)C2)cc1NC(=O)c1csc(-c2cn[nH]c2)n1.[C-]#[N+]c1nn(C2CC(OCC)C2)cc1NC(=O)c1csc(-c2cn[nH]c2)n1. The number of aromatic amines is 4. The summed E-state index contributed by atoms with van der Waals surface area (Å²) >= 11 is 5.40. The number of H-pyrrole nitrogens is 4. The maximum Gasteiger partial charge on any atom is 0.318 e. The topological polar surface area (TPSA) is 447 Å². The maximum absolute atomic E-state index is 12.5. The normalized spacial score (nSPS) is 16.7. The van der Waals surface area contributed by atoms with Crippen LogP contribution < -0.4 is 21.3 Å². The minimum atomic E-state index is -0.399. The van der Waals surface area contributed by atoms with Crippen molar-refractivity contribution in [3.63, 3.8) is 0 Å². The smallest absolute Gasteiger partial charge is 0.318 e. The van der Waals surface area contributed by atoms with E-state index in [0.29, 0.717) is 80.2 Å². The summed E-state index contributed by atoms with van der Waals surface area (Å²) in [5, 5.41) is 79.6. The van der Waals surface area contributed by atoms with Gasteiger partial charge in [0.25, 0.3) is 30.1 Å². The van der Waals surface area contributed by atoms with Gasteiger partial charge in [-0.2, -0.15) is 34.4 Å². The fraction of sp³-hybridized carbons (Fsp3) is 0.274. The molecule has 103 heavy (non-hydrogen) atoms. The molecule has 12 heterocycles. The molecular formula is C62H58N28O9S4. The lowest BCUT2D eigenvalue weighted by atomic mass is 9.89. The number of carboxylic acid groups (broad SMARTS) is 1. The number of carbonyl (C=O) groups is 5. The molecule has 0 unspecified atom stereocenters. The second-order valence-electron chi connectivity index (χ2n) is 22.2. The summed E-state index contributed by atoms with van der Waals surface area (Å²) in [4.78, 5) is 88.6. The molecule has 524 valence electrons. The minimum Gasteiger partial charge on any atom is -0.483 e. The number of amides is 4. The van der Waals surface area contributed by atoms with Crippen LogP contribution in [-0.4, -0.2) is 172 Å². The van der Waals surface area contributed by atoms with Crippen molar-refractivity contribution in [1.82, 2.24) is 99.8 Å². The van der Waals surface area contributed by atoms with Gasteiger partial charge in [0.05, 0.1) is 109 Å². The molecule has 41 heteroatoms. The van der Waals surface area contributed by atoms with Gasteiger partial charge in [0, 0.05) is 88.8 Å². The van der Waals surface area contributed by atoms with Crippen LogP contribution in [0.3, 0.4) is 0 Å². The van der Waals surface area contributed by atoms with Gasteiger partial charge in [-0.1, -0.05) is 26.3 Å². The summed E-state index contributed by atoms with van der Waals surface area (Å²) in [5.41, 5.74) is 5.92. The predicted octanol–water partition coefficient (Wildman–Crippen LogP) is 10.5. The van der Waals surface area contributed by atoms with Crippen LogP contribution in [0, 0.1) is 26.3 Å². The molecule has 15 rings (SSSR count). The molecule has 3 fully saturated rings. The number of carbonyl (C=O) groups excluding carboxylic acids is 4. The molecule has 3 aliphatic rings. The number of aryl methyl sites for hydroxylation is 1. The molecule has 10 N–H and O–H groups in total. The standard InChI is InChI=1S/2C17H17N7O2S.C15H13N7O2S.C12H9N7OS.CH2O2/c2*1-3-26-12-4-11(5-12)24-8-13(15(18-2)23-24)21-16(25)14-9-27-17(22-14)10-6-19-20-7-10;1-16-13-11(6-22(21-13)9-2-10(23)3-9)19-14(24)12-7-25-15(20-12)8-4-17-18-5-8;1-13-10-8(5-19(2)18-10)16-11(20)9-6-21-12(17-9)7-3-14-15-4-7;2-1-3/h2*6-9,11-12H,3-5H2,1H3,(H,19,20)(H,21,25);4-7,9-10,23H,2-3H2,(H,17,18)(H,19,24);3-6H,2H3,(H,14,15)(H,16,20);1H,(H,2,3). The molecule has 3 aliphatic carbocycles. The van der Waals surface area contributed by atoms with E-state index in [1.165, 1.54) is 50.0 Å². The summed E-state index contributed by atoms with van der Waals surface area (Å²) in [6.07, 6.45) is 24.9. The van der Waals surface area contributed by atoms with E-state index in [4.69, 9.17) is 45.7 Å². The first-order chi connectivity index (χ1) is 50.1. The van der Waals surface area contributed by atoms with Crippen LogP contribution in [0.25, 0.3) is 61.7 Å². The van der Waals surface area contributed by atoms with E-state index in [1.54, 1.807) is 117 Å². The molecule has 3 saturated carbocycles. The Morgan fingerprint density at radius 1 is 0.495 bits per heavy atom. The molecule has 0 bridgehead atoms.